The number of hydrogen-bond donors (Lipinski definition) is 0. The Morgan fingerprint density at radius 1 is 1.15 bits per heavy atom. The molecule has 2 aliphatic heterocycles. The van der Waals surface area contributed by atoms with Crippen LogP contribution in [0.5, 0.6) is 0 Å². The van der Waals surface area contributed by atoms with Gasteiger partial charge in [-0.1, -0.05) is 0 Å². The van der Waals surface area contributed by atoms with Crippen molar-refractivity contribution in [2.24, 2.45) is 0 Å². The van der Waals surface area contributed by atoms with E-state index in [1.807, 2.05) is 0 Å². The first kappa shape index (κ1) is 8.25. The molecule has 0 unspecified atom stereocenters. The second-order valence-electron chi connectivity index (χ2n) is 4.93. The first-order valence-corrected chi connectivity index (χ1v) is 5.76. The molecule has 13 heavy (non-hydrogen) atoms. The number of nitrogens with zero attached hydrogens (tertiary/aromatic N) is 1. The molecule has 0 bridgehead atoms. The van der Waals surface area contributed by atoms with Crippen molar-refractivity contribution in [2.75, 3.05) is 19.7 Å². The van der Waals surface area contributed by atoms with Gasteiger partial charge in [0, 0.05) is 5.54 Å². The van der Waals surface area contributed by atoms with Crippen molar-refractivity contribution < 1.29 is 4.74 Å². The lowest BCUT2D eigenvalue weighted by Gasteiger charge is -2.31. The molecule has 0 aromatic heterocycles. The van der Waals surface area contributed by atoms with Crippen LogP contribution in [0.15, 0.2) is 0 Å². The molecule has 0 aromatic rings. The van der Waals surface area contributed by atoms with Gasteiger partial charge in [0.15, 0.2) is 0 Å². The number of fused-ring (bicyclic) bond motifs is 1. The Bertz CT molecular complexity index is 190. The molecule has 0 amide bonds. The molecule has 0 N–H and O–H groups in total. The molecule has 74 valence electrons. The normalized spacial score (nSPS) is 32.3. The van der Waals surface area contributed by atoms with Gasteiger partial charge in [-0.2, -0.15) is 0 Å². The SMILES string of the molecule is C1CN2CCCC2(COC2CC2)C1. The third-order valence-electron chi connectivity index (χ3n) is 3.92. The Morgan fingerprint density at radius 2 is 1.85 bits per heavy atom. The van der Waals surface area contributed by atoms with Gasteiger partial charge < -0.3 is 4.74 Å². The van der Waals surface area contributed by atoms with Gasteiger partial charge in [-0.25, -0.2) is 0 Å². The highest BCUT2D eigenvalue weighted by Crippen LogP contribution is 2.40. The lowest BCUT2D eigenvalue weighted by atomic mass is 9.95. The minimum atomic E-state index is 0.489. The van der Waals surface area contributed by atoms with E-state index in [1.165, 1.54) is 51.6 Å². The zero-order valence-electron chi connectivity index (χ0n) is 8.30. The molecule has 2 nitrogen and oxygen atoms in total. The average Bonchev–Trinajstić information content (AvgIpc) is 2.73. The molecule has 1 aliphatic carbocycles. The van der Waals surface area contributed by atoms with E-state index in [2.05, 4.69) is 4.90 Å². The Morgan fingerprint density at radius 3 is 2.46 bits per heavy atom. The molecular formula is C11H19NO. The summed E-state index contributed by atoms with van der Waals surface area (Å²) in [5, 5.41) is 0. The third-order valence-corrected chi connectivity index (χ3v) is 3.92. The van der Waals surface area contributed by atoms with Crippen LogP contribution in [-0.4, -0.2) is 36.2 Å². The summed E-state index contributed by atoms with van der Waals surface area (Å²) in [4.78, 5) is 2.68. The molecule has 2 heterocycles. The Labute approximate surface area is 80.2 Å². The van der Waals surface area contributed by atoms with E-state index >= 15 is 0 Å². The van der Waals surface area contributed by atoms with Crippen molar-refractivity contribution in [1.29, 1.82) is 0 Å². The van der Waals surface area contributed by atoms with Gasteiger partial charge in [-0.15, -0.1) is 0 Å². The van der Waals surface area contributed by atoms with Crippen LogP contribution < -0.4 is 0 Å². The summed E-state index contributed by atoms with van der Waals surface area (Å²) >= 11 is 0. The summed E-state index contributed by atoms with van der Waals surface area (Å²) < 4.78 is 5.90. The predicted octanol–water partition coefficient (Wildman–Crippen LogP) is 1.79. The summed E-state index contributed by atoms with van der Waals surface area (Å²) in [7, 11) is 0. The molecular weight excluding hydrogens is 162 g/mol. The predicted molar refractivity (Wildman–Crippen MR) is 51.7 cm³/mol. The second kappa shape index (κ2) is 2.96. The molecule has 3 rings (SSSR count). The van der Waals surface area contributed by atoms with Crippen LogP contribution in [0.1, 0.15) is 38.5 Å². The van der Waals surface area contributed by atoms with Gasteiger partial charge >= 0.3 is 0 Å². The molecule has 2 heteroatoms. The molecule has 0 aromatic carbocycles. The number of rotatable bonds is 3. The molecule has 2 saturated heterocycles. The van der Waals surface area contributed by atoms with Crippen LogP contribution in [-0.2, 0) is 4.74 Å². The standard InChI is InChI=1S/C11H19NO/c1-5-11(9-13-10-3-4-10)6-2-8-12(11)7-1/h10H,1-9H2. The van der Waals surface area contributed by atoms with Crippen LogP contribution in [0, 0.1) is 0 Å². The fraction of sp³-hybridized carbons (Fsp3) is 1.00. The van der Waals surface area contributed by atoms with Crippen molar-refractivity contribution in [3.05, 3.63) is 0 Å². The molecule has 1 saturated carbocycles. The highest BCUT2D eigenvalue weighted by Gasteiger charge is 2.45. The van der Waals surface area contributed by atoms with Crippen molar-refractivity contribution in [1.82, 2.24) is 4.90 Å². The van der Waals surface area contributed by atoms with E-state index in [1.54, 1.807) is 0 Å². The van der Waals surface area contributed by atoms with E-state index in [0.29, 0.717) is 11.6 Å². The molecule has 0 spiro atoms. The minimum Gasteiger partial charge on any atom is -0.376 e. The van der Waals surface area contributed by atoms with Crippen molar-refractivity contribution in [3.63, 3.8) is 0 Å². The van der Waals surface area contributed by atoms with Gasteiger partial charge in [0.1, 0.15) is 0 Å². The smallest absolute Gasteiger partial charge is 0.0654 e. The summed E-state index contributed by atoms with van der Waals surface area (Å²) in [6, 6.07) is 0. The number of ether oxygens (including phenoxy) is 1. The topological polar surface area (TPSA) is 12.5 Å². The zero-order valence-corrected chi connectivity index (χ0v) is 8.30. The Hall–Kier alpha value is -0.0800. The average molecular weight is 181 g/mol. The van der Waals surface area contributed by atoms with Crippen LogP contribution in [0.4, 0.5) is 0 Å². The van der Waals surface area contributed by atoms with Gasteiger partial charge in [0.05, 0.1) is 12.7 Å². The van der Waals surface area contributed by atoms with Crippen molar-refractivity contribution in [3.8, 4) is 0 Å². The maximum Gasteiger partial charge on any atom is 0.0654 e. The maximum absolute atomic E-state index is 5.90. The quantitative estimate of drug-likeness (QED) is 0.658. The Kier molecular flexibility index (Phi) is 1.88. The largest absolute Gasteiger partial charge is 0.376 e. The molecule has 3 fully saturated rings. The lowest BCUT2D eigenvalue weighted by Crippen LogP contribution is -2.42. The van der Waals surface area contributed by atoms with E-state index in [0.717, 1.165) is 6.61 Å². The first-order chi connectivity index (χ1) is 6.39. The first-order valence-electron chi connectivity index (χ1n) is 5.76. The molecule has 0 radical (unpaired) electrons. The van der Waals surface area contributed by atoms with Gasteiger partial charge in [0.25, 0.3) is 0 Å². The van der Waals surface area contributed by atoms with E-state index in [9.17, 15) is 0 Å². The van der Waals surface area contributed by atoms with Crippen LogP contribution in [0.2, 0.25) is 0 Å². The lowest BCUT2D eigenvalue weighted by molar-refractivity contribution is 0.0262. The summed E-state index contributed by atoms with van der Waals surface area (Å²) in [5.41, 5.74) is 0.489. The monoisotopic (exact) mass is 181 g/mol. The zero-order chi connectivity index (χ0) is 8.73. The van der Waals surface area contributed by atoms with Gasteiger partial charge in [-0.05, 0) is 51.6 Å². The van der Waals surface area contributed by atoms with Gasteiger partial charge in [0.2, 0.25) is 0 Å². The van der Waals surface area contributed by atoms with Crippen molar-refractivity contribution in [2.45, 2.75) is 50.2 Å². The van der Waals surface area contributed by atoms with E-state index < -0.39 is 0 Å². The van der Waals surface area contributed by atoms with E-state index in [-0.39, 0.29) is 0 Å². The summed E-state index contributed by atoms with van der Waals surface area (Å²) in [6.45, 7) is 3.68. The van der Waals surface area contributed by atoms with E-state index in [4.69, 9.17) is 4.74 Å². The third kappa shape index (κ3) is 1.40. The van der Waals surface area contributed by atoms with Crippen LogP contribution in [0.25, 0.3) is 0 Å². The number of hydrogen-bond acceptors (Lipinski definition) is 2. The summed E-state index contributed by atoms with van der Waals surface area (Å²) in [5.74, 6) is 0. The molecule has 0 atom stereocenters. The van der Waals surface area contributed by atoms with Gasteiger partial charge in [-0.3, -0.25) is 4.90 Å². The fourth-order valence-electron chi connectivity index (χ4n) is 2.97. The second-order valence-corrected chi connectivity index (χ2v) is 4.93. The fourth-order valence-corrected chi connectivity index (χ4v) is 2.97. The minimum absolute atomic E-state index is 0.489. The maximum atomic E-state index is 5.90. The highest BCUT2D eigenvalue weighted by molar-refractivity contribution is 5.00. The molecule has 3 aliphatic rings. The Balaban J connectivity index is 1.63. The highest BCUT2D eigenvalue weighted by atomic mass is 16.5. The summed E-state index contributed by atoms with van der Waals surface area (Å²) in [6.07, 6.45) is 8.84. The van der Waals surface area contributed by atoms with Crippen LogP contribution in [0.3, 0.4) is 0 Å². The van der Waals surface area contributed by atoms with Crippen molar-refractivity contribution >= 4 is 0 Å². The van der Waals surface area contributed by atoms with Crippen LogP contribution >= 0.6 is 0 Å².